The van der Waals surface area contributed by atoms with E-state index in [2.05, 4.69) is 10.2 Å². The minimum absolute atomic E-state index is 0.0840. The van der Waals surface area contributed by atoms with Gasteiger partial charge in [0.25, 0.3) is 5.91 Å². The first kappa shape index (κ1) is 24.5. The van der Waals surface area contributed by atoms with Crippen LogP contribution in [0.25, 0.3) is 0 Å². The molecule has 2 fully saturated rings. The van der Waals surface area contributed by atoms with Gasteiger partial charge in [0, 0.05) is 26.2 Å². The van der Waals surface area contributed by atoms with Crippen LogP contribution in [-0.4, -0.2) is 70.6 Å². The number of esters is 1. The molecule has 2 saturated heterocycles. The van der Waals surface area contributed by atoms with Crippen LogP contribution in [0.4, 0.5) is 11.4 Å². The first-order chi connectivity index (χ1) is 16.4. The van der Waals surface area contributed by atoms with Crippen LogP contribution in [0.1, 0.15) is 23.2 Å². The molecule has 0 atom stereocenters. The SMILES string of the molecule is O=C(COC(=O)c1ccccc1Cl)Nc1cc(S(=O)(=O)N2CCOCC2)ccc1N1CCCC1. The molecule has 2 aromatic carbocycles. The third-order valence-corrected chi connectivity index (χ3v) is 7.95. The molecule has 9 nitrogen and oxygen atoms in total. The fraction of sp³-hybridized carbons (Fsp3) is 0.391. The van der Waals surface area contributed by atoms with Crippen molar-refractivity contribution in [1.82, 2.24) is 4.31 Å². The second-order valence-electron chi connectivity index (χ2n) is 7.99. The molecule has 0 aliphatic carbocycles. The Hall–Kier alpha value is -2.66. The Balaban J connectivity index is 1.52. The maximum atomic E-state index is 13.1. The Kier molecular flexibility index (Phi) is 7.72. The van der Waals surface area contributed by atoms with E-state index in [1.165, 1.54) is 16.4 Å². The summed E-state index contributed by atoms with van der Waals surface area (Å²) in [6.45, 7) is 2.30. The summed E-state index contributed by atoms with van der Waals surface area (Å²) in [5.41, 5.74) is 1.24. The smallest absolute Gasteiger partial charge is 0.340 e. The number of sulfonamides is 1. The zero-order chi connectivity index (χ0) is 24.1. The lowest BCUT2D eigenvalue weighted by Crippen LogP contribution is -2.40. The van der Waals surface area contributed by atoms with Gasteiger partial charge in [0.15, 0.2) is 6.61 Å². The fourth-order valence-corrected chi connectivity index (χ4v) is 5.62. The van der Waals surface area contributed by atoms with Gasteiger partial charge in [0.05, 0.1) is 40.1 Å². The van der Waals surface area contributed by atoms with Gasteiger partial charge in [0.2, 0.25) is 10.0 Å². The van der Waals surface area contributed by atoms with Gasteiger partial charge < -0.3 is 19.7 Å². The van der Waals surface area contributed by atoms with Crippen molar-refractivity contribution in [2.75, 3.05) is 56.2 Å². The number of ether oxygens (including phenoxy) is 2. The van der Waals surface area contributed by atoms with Gasteiger partial charge in [-0.3, -0.25) is 4.79 Å². The molecular formula is C23H26ClN3O6S. The average Bonchev–Trinajstić information content (AvgIpc) is 3.38. The number of halogens is 1. The highest BCUT2D eigenvalue weighted by Crippen LogP contribution is 2.32. The second kappa shape index (κ2) is 10.7. The Morgan fingerprint density at radius 2 is 1.74 bits per heavy atom. The zero-order valence-electron chi connectivity index (χ0n) is 18.5. The second-order valence-corrected chi connectivity index (χ2v) is 10.3. The lowest BCUT2D eigenvalue weighted by Gasteiger charge is -2.27. The van der Waals surface area contributed by atoms with Crippen LogP contribution in [0, 0.1) is 0 Å². The molecule has 0 radical (unpaired) electrons. The topological polar surface area (TPSA) is 105 Å². The summed E-state index contributed by atoms with van der Waals surface area (Å²) in [4.78, 5) is 27.1. The monoisotopic (exact) mass is 507 g/mol. The molecule has 34 heavy (non-hydrogen) atoms. The van der Waals surface area contributed by atoms with Gasteiger partial charge in [-0.15, -0.1) is 0 Å². The highest BCUT2D eigenvalue weighted by Gasteiger charge is 2.28. The van der Waals surface area contributed by atoms with E-state index >= 15 is 0 Å². The van der Waals surface area contributed by atoms with Crippen molar-refractivity contribution in [3.05, 3.63) is 53.1 Å². The number of benzene rings is 2. The van der Waals surface area contributed by atoms with Crippen molar-refractivity contribution < 1.29 is 27.5 Å². The average molecular weight is 508 g/mol. The highest BCUT2D eigenvalue weighted by atomic mass is 35.5. The largest absolute Gasteiger partial charge is 0.452 e. The van der Waals surface area contributed by atoms with Crippen LogP contribution in [0.2, 0.25) is 5.02 Å². The molecule has 0 saturated carbocycles. The van der Waals surface area contributed by atoms with Crippen molar-refractivity contribution >= 4 is 44.9 Å². The number of nitrogens with zero attached hydrogens (tertiary/aromatic N) is 2. The van der Waals surface area contributed by atoms with Crippen LogP contribution in [-0.2, 0) is 24.3 Å². The minimum Gasteiger partial charge on any atom is -0.452 e. The Morgan fingerprint density at radius 3 is 2.44 bits per heavy atom. The van der Waals surface area contributed by atoms with E-state index in [0.29, 0.717) is 18.9 Å². The molecule has 1 N–H and O–H groups in total. The summed E-state index contributed by atoms with van der Waals surface area (Å²) < 4.78 is 38.0. The lowest BCUT2D eigenvalue weighted by molar-refractivity contribution is -0.119. The van der Waals surface area contributed by atoms with E-state index in [9.17, 15) is 18.0 Å². The number of nitrogens with one attached hydrogen (secondary N) is 1. The highest BCUT2D eigenvalue weighted by molar-refractivity contribution is 7.89. The molecule has 2 heterocycles. The standard InChI is InChI=1S/C23H26ClN3O6S/c24-19-6-2-1-5-18(19)23(29)33-16-22(28)25-20-15-17(7-8-21(20)26-9-3-4-10-26)34(30,31)27-11-13-32-14-12-27/h1-2,5-8,15H,3-4,9-14,16H2,(H,25,28). The fourth-order valence-electron chi connectivity index (χ4n) is 3.97. The van der Waals surface area contributed by atoms with E-state index in [0.717, 1.165) is 31.6 Å². The number of morpholine rings is 1. The van der Waals surface area contributed by atoms with Crippen LogP contribution < -0.4 is 10.2 Å². The van der Waals surface area contributed by atoms with Crippen LogP contribution in [0.5, 0.6) is 0 Å². The molecule has 0 bridgehead atoms. The molecule has 0 spiro atoms. The zero-order valence-corrected chi connectivity index (χ0v) is 20.1. The van der Waals surface area contributed by atoms with Crippen LogP contribution >= 0.6 is 11.6 Å². The molecule has 1 amide bonds. The van der Waals surface area contributed by atoms with E-state index in [1.54, 1.807) is 30.3 Å². The summed E-state index contributed by atoms with van der Waals surface area (Å²) in [5, 5.41) is 2.95. The third kappa shape index (κ3) is 5.52. The minimum atomic E-state index is -3.74. The molecular weight excluding hydrogens is 482 g/mol. The van der Waals surface area contributed by atoms with Gasteiger partial charge in [0.1, 0.15) is 0 Å². The lowest BCUT2D eigenvalue weighted by atomic mass is 10.2. The van der Waals surface area contributed by atoms with E-state index in [4.69, 9.17) is 21.1 Å². The molecule has 0 aromatic heterocycles. The molecule has 0 unspecified atom stereocenters. The van der Waals surface area contributed by atoms with E-state index in [1.807, 2.05) is 0 Å². The normalized spacial score (nSPS) is 16.9. The van der Waals surface area contributed by atoms with Gasteiger partial charge in [-0.1, -0.05) is 23.7 Å². The predicted molar refractivity (Wildman–Crippen MR) is 128 cm³/mol. The number of rotatable bonds is 7. The maximum absolute atomic E-state index is 13.1. The molecule has 2 aliphatic heterocycles. The van der Waals surface area contributed by atoms with Gasteiger partial charge in [-0.2, -0.15) is 4.31 Å². The van der Waals surface area contributed by atoms with Crippen molar-refractivity contribution in [2.45, 2.75) is 17.7 Å². The van der Waals surface area contributed by atoms with Gasteiger partial charge in [-0.05, 0) is 43.2 Å². The molecule has 11 heteroatoms. The van der Waals surface area contributed by atoms with E-state index in [-0.39, 0.29) is 28.6 Å². The van der Waals surface area contributed by atoms with Gasteiger partial charge >= 0.3 is 5.97 Å². The summed E-state index contributed by atoms with van der Waals surface area (Å²) in [6.07, 6.45) is 2.02. The van der Waals surface area contributed by atoms with Crippen LogP contribution in [0.3, 0.4) is 0 Å². The van der Waals surface area contributed by atoms with E-state index < -0.39 is 28.5 Å². The molecule has 2 aromatic rings. The van der Waals surface area contributed by atoms with Crippen LogP contribution in [0.15, 0.2) is 47.4 Å². The molecule has 4 rings (SSSR count). The quantitative estimate of drug-likeness (QED) is 0.574. The summed E-state index contributed by atoms with van der Waals surface area (Å²) in [7, 11) is -3.74. The molecule has 2 aliphatic rings. The number of carbonyl (C=O) groups is 2. The Morgan fingerprint density at radius 1 is 1.03 bits per heavy atom. The maximum Gasteiger partial charge on any atom is 0.340 e. The van der Waals surface area contributed by atoms with Crippen molar-refractivity contribution in [2.24, 2.45) is 0 Å². The summed E-state index contributed by atoms with van der Waals surface area (Å²) in [5.74, 6) is -1.30. The summed E-state index contributed by atoms with van der Waals surface area (Å²) in [6, 6.07) is 11.1. The predicted octanol–water partition coefficient (Wildman–Crippen LogP) is 2.76. The Bertz CT molecular complexity index is 1160. The number of carbonyl (C=O) groups excluding carboxylic acids is 2. The number of anilines is 2. The summed E-state index contributed by atoms with van der Waals surface area (Å²) >= 11 is 6.01. The first-order valence-electron chi connectivity index (χ1n) is 11.0. The van der Waals surface area contributed by atoms with Crippen molar-refractivity contribution in [3.8, 4) is 0 Å². The third-order valence-electron chi connectivity index (χ3n) is 5.72. The van der Waals surface area contributed by atoms with Crippen molar-refractivity contribution in [1.29, 1.82) is 0 Å². The molecule has 182 valence electrons. The van der Waals surface area contributed by atoms with Gasteiger partial charge in [-0.25, -0.2) is 13.2 Å². The Labute approximate surface area is 203 Å². The van der Waals surface area contributed by atoms with Crippen molar-refractivity contribution in [3.63, 3.8) is 0 Å². The first-order valence-corrected chi connectivity index (χ1v) is 12.9. The number of hydrogen-bond donors (Lipinski definition) is 1. The number of hydrogen-bond acceptors (Lipinski definition) is 7. The number of amides is 1.